The number of fused-ring (bicyclic) bond motifs is 1. The Bertz CT molecular complexity index is 601. The highest BCUT2D eigenvalue weighted by Gasteiger charge is 2.16. The lowest BCUT2D eigenvalue weighted by atomic mass is 10.2. The number of benzene rings is 1. The minimum atomic E-state index is -0.0576. The van der Waals surface area contributed by atoms with E-state index >= 15 is 0 Å². The number of aromatic nitrogens is 2. The summed E-state index contributed by atoms with van der Waals surface area (Å²) in [7, 11) is 1.66. The van der Waals surface area contributed by atoms with Gasteiger partial charge in [0.2, 0.25) is 0 Å². The molecule has 1 unspecified atom stereocenters. The number of nitrogens with two attached hydrogens (primary N) is 1. The molecule has 2 aromatic rings. The van der Waals surface area contributed by atoms with Crippen molar-refractivity contribution in [2.75, 3.05) is 7.11 Å². The predicted octanol–water partition coefficient (Wildman–Crippen LogP) is 3.03. The van der Waals surface area contributed by atoms with Crippen LogP contribution in [0.5, 0.6) is 5.75 Å². The van der Waals surface area contributed by atoms with E-state index in [1.807, 2.05) is 25.1 Å². The summed E-state index contributed by atoms with van der Waals surface area (Å²) in [6.07, 6.45) is 0.858. The van der Waals surface area contributed by atoms with E-state index in [1.54, 1.807) is 7.11 Å². The molecule has 2 N–H and O–H groups in total. The van der Waals surface area contributed by atoms with E-state index in [0.29, 0.717) is 0 Å². The molecule has 0 saturated heterocycles. The van der Waals surface area contributed by atoms with Gasteiger partial charge in [0.25, 0.3) is 0 Å². The van der Waals surface area contributed by atoms with Gasteiger partial charge in [0.15, 0.2) is 0 Å². The van der Waals surface area contributed by atoms with Crippen molar-refractivity contribution in [3.63, 3.8) is 0 Å². The van der Waals surface area contributed by atoms with Crippen LogP contribution < -0.4 is 10.5 Å². The lowest BCUT2D eigenvalue weighted by Crippen LogP contribution is -2.16. The Morgan fingerprint density at radius 1 is 1.53 bits per heavy atom. The number of rotatable bonds is 5. The van der Waals surface area contributed by atoms with Gasteiger partial charge in [-0.1, -0.05) is 19.1 Å². The first-order valence-corrected chi connectivity index (χ1v) is 6.51. The van der Waals surface area contributed by atoms with E-state index < -0.39 is 0 Å². The standard InChI is InChI=1S/C15H21N3O/c1-5-12(16)15-17-13-8-11(19-4)6-7-14(13)18(15)9-10(2)3/h6-8,12H,2,5,9,16H2,1,3-4H3. The molecule has 0 radical (unpaired) electrons. The summed E-state index contributed by atoms with van der Waals surface area (Å²) in [5.74, 6) is 1.72. The first kappa shape index (κ1) is 13.6. The van der Waals surface area contributed by atoms with Gasteiger partial charge in [-0.25, -0.2) is 4.98 Å². The topological polar surface area (TPSA) is 53.1 Å². The first-order valence-electron chi connectivity index (χ1n) is 6.51. The molecule has 0 amide bonds. The molecular formula is C15H21N3O. The molecule has 0 aliphatic heterocycles. The van der Waals surface area contributed by atoms with Crippen LogP contribution in [0.4, 0.5) is 0 Å². The van der Waals surface area contributed by atoms with Crippen LogP contribution in [-0.4, -0.2) is 16.7 Å². The Kier molecular flexibility index (Phi) is 3.90. The molecule has 0 saturated carbocycles. The highest BCUT2D eigenvalue weighted by Crippen LogP contribution is 2.25. The Hall–Kier alpha value is -1.81. The number of nitrogens with zero attached hydrogens (tertiary/aromatic N) is 2. The Labute approximate surface area is 113 Å². The molecule has 0 aliphatic carbocycles. The summed E-state index contributed by atoms with van der Waals surface area (Å²) in [5, 5.41) is 0. The highest BCUT2D eigenvalue weighted by atomic mass is 16.5. The zero-order valence-electron chi connectivity index (χ0n) is 11.8. The van der Waals surface area contributed by atoms with Crippen molar-refractivity contribution in [3.8, 4) is 5.75 Å². The molecule has 1 aromatic heterocycles. The third-order valence-electron chi connectivity index (χ3n) is 3.18. The van der Waals surface area contributed by atoms with Crippen molar-refractivity contribution in [2.24, 2.45) is 5.73 Å². The second-order valence-electron chi connectivity index (χ2n) is 4.88. The molecule has 1 heterocycles. The number of ether oxygens (including phenoxy) is 1. The third-order valence-corrected chi connectivity index (χ3v) is 3.18. The minimum Gasteiger partial charge on any atom is -0.497 e. The van der Waals surface area contributed by atoms with E-state index in [-0.39, 0.29) is 6.04 Å². The Morgan fingerprint density at radius 2 is 2.26 bits per heavy atom. The number of imidazole rings is 1. The van der Waals surface area contributed by atoms with Crippen molar-refractivity contribution < 1.29 is 4.74 Å². The third kappa shape index (κ3) is 2.63. The molecule has 2 rings (SSSR count). The van der Waals surface area contributed by atoms with Crippen LogP contribution in [0, 0.1) is 0 Å². The average Bonchev–Trinajstić information content (AvgIpc) is 2.75. The molecule has 4 nitrogen and oxygen atoms in total. The molecule has 0 aliphatic rings. The summed E-state index contributed by atoms with van der Waals surface area (Å²) < 4.78 is 7.39. The van der Waals surface area contributed by atoms with Crippen LogP contribution in [0.2, 0.25) is 0 Å². The SMILES string of the molecule is C=C(C)Cn1c(C(N)CC)nc2cc(OC)ccc21. The fourth-order valence-corrected chi connectivity index (χ4v) is 2.16. The molecule has 0 fully saturated rings. The zero-order valence-corrected chi connectivity index (χ0v) is 11.8. The fraction of sp³-hybridized carbons (Fsp3) is 0.400. The van der Waals surface area contributed by atoms with E-state index in [0.717, 1.165) is 41.1 Å². The van der Waals surface area contributed by atoms with E-state index in [2.05, 4.69) is 23.1 Å². The minimum absolute atomic E-state index is 0.0576. The van der Waals surface area contributed by atoms with Crippen molar-refractivity contribution in [1.29, 1.82) is 0 Å². The maximum Gasteiger partial charge on any atom is 0.127 e. The van der Waals surface area contributed by atoms with E-state index in [1.165, 1.54) is 0 Å². The van der Waals surface area contributed by atoms with Gasteiger partial charge in [-0.3, -0.25) is 0 Å². The second-order valence-corrected chi connectivity index (χ2v) is 4.88. The highest BCUT2D eigenvalue weighted by molar-refractivity contribution is 5.78. The van der Waals surface area contributed by atoms with Crippen molar-refractivity contribution in [2.45, 2.75) is 32.9 Å². The van der Waals surface area contributed by atoms with Gasteiger partial charge < -0.3 is 15.0 Å². The molecule has 1 aromatic carbocycles. The Morgan fingerprint density at radius 3 is 2.84 bits per heavy atom. The van der Waals surface area contributed by atoms with Crippen molar-refractivity contribution >= 4 is 11.0 Å². The maximum absolute atomic E-state index is 6.16. The largest absolute Gasteiger partial charge is 0.497 e. The lowest BCUT2D eigenvalue weighted by Gasteiger charge is -2.13. The van der Waals surface area contributed by atoms with Crippen LogP contribution in [-0.2, 0) is 6.54 Å². The van der Waals surface area contributed by atoms with Crippen molar-refractivity contribution in [1.82, 2.24) is 9.55 Å². The van der Waals surface area contributed by atoms with Gasteiger partial charge in [0, 0.05) is 12.6 Å². The number of hydrogen-bond donors (Lipinski definition) is 1. The van der Waals surface area contributed by atoms with Crippen LogP contribution in [0.3, 0.4) is 0 Å². The van der Waals surface area contributed by atoms with Gasteiger partial charge >= 0.3 is 0 Å². The molecule has 4 heteroatoms. The quantitative estimate of drug-likeness (QED) is 0.840. The molecule has 1 atom stereocenters. The molecule has 102 valence electrons. The van der Waals surface area contributed by atoms with Gasteiger partial charge in [0.1, 0.15) is 11.6 Å². The van der Waals surface area contributed by atoms with Crippen LogP contribution in [0.25, 0.3) is 11.0 Å². The summed E-state index contributed by atoms with van der Waals surface area (Å²) in [6, 6.07) is 5.85. The van der Waals surface area contributed by atoms with E-state index in [4.69, 9.17) is 10.5 Å². The van der Waals surface area contributed by atoms with Gasteiger partial charge in [0.05, 0.1) is 24.2 Å². The first-order chi connectivity index (χ1) is 9.06. The van der Waals surface area contributed by atoms with Crippen molar-refractivity contribution in [3.05, 3.63) is 36.2 Å². The number of hydrogen-bond acceptors (Lipinski definition) is 3. The zero-order chi connectivity index (χ0) is 14.0. The van der Waals surface area contributed by atoms with Gasteiger partial charge in [-0.2, -0.15) is 0 Å². The summed E-state index contributed by atoms with van der Waals surface area (Å²) in [5.41, 5.74) is 9.23. The number of methoxy groups -OCH3 is 1. The van der Waals surface area contributed by atoms with Crippen LogP contribution >= 0.6 is 0 Å². The molecule has 19 heavy (non-hydrogen) atoms. The van der Waals surface area contributed by atoms with E-state index in [9.17, 15) is 0 Å². The second kappa shape index (κ2) is 5.45. The molecule has 0 bridgehead atoms. The normalized spacial score (nSPS) is 12.6. The van der Waals surface area contributed by atoms with Crippen LogP contribution in [0.1, 0.15) is 32.1 Å². The van der Waals surface area contributed by atoms with Crippen LogP contribution in [0.15, 0.2) is 30.4 Å². The fourth-order valence-electron chi connectivity index (χ4n) is 2.16. The lowest BCUT2D eigenvalue weighted by molar-refractivity contribution is 0.415. The monoisotopic (exact) mass is 259 g/mol. The number of allylic oxidation sites excluding steroid dienone is 1. The molecular weight excluding hydrogens is 238 g/mol. The summed E-state index contributed by atoms with van der Waals surface area (Å²) in [6.45, 7) is 8.80. The van der Waals surface area contributed by atoms with Gasteiger partial charge in [-0.15, -0.1) is 0 Å². The van der Waals surface area contributed by atoms with Gasteiger partial charge in [-0.05, 0) is 25.5 Å². The smallest absolute Gasteiger partial charge is 0.127 e. The summed E-state index contributed by atoms with van der Waals surface area (Å²) in [4.78, 5) is 4.66. The predicted molar refractivity (Wildman–Crippen MR) is 78.3 cm³/mol. The Balaban J connectivity index is 2.61. The average molecular weight is 259 g/mol. The molecule has 0 spiro atoms. The maximum atomic E-state index is 6.16. The summed E-state index contributed by atoms with van der Waals surface area (Å²) >= 11 is 0.